The second-order valence-electron chi connectivity index (χ2n) is 16.3. The molecule has 27 nitrogen and oxygen atoms in total. The van der Waals surface area contributed by atoms with Crippen LogP contribution in [0.4, 0.5) is 0 Å². The Balaban J connectivity index is 3.36. The van der Waals surface area contributed by atoms with E-state index < -0.39 is 163 Å². The molecule has 0 spiro atoms. The maximum Gasteiger partial charge on any atom is 0.398 e. The molecule has 1 saturated heterocycles. The minimum Gasteiger partial charge on any atom is -0.481 e. The smallest absolute Gasteiger partial charge is 0.398 e. The molecular weight excluding hydrogens is 894 g/mol. The Hall–Kier alpha value is -6.93. The van der Waals surface area contributed by atoms with Crippen molar-refractivity contribution in [1.29, 1.82) is 0 Å². The number of methoxy groups -OCH3 is 1. The third-order valence-electron chi connectivity index (χ3n) is 10.0. The predicted octanol–water partition coefficient (Wildman–Crippen LogP) is -4.14. The third kappa shape index (κ3) is 18.8. The Morgan fingerprint density at radius 3 is 1.60 bits per heavy atom. The molecule has 0 aromatic heterocycles. The molecule has 0 radical (unpaired) electrons. The number of aliphatic hydroxyl groups excluding tert-OH is 1. The van der Waals surface area contributed by atoms with Gasteiger partial charge in [-0.25, -0.2) is 9.80 Å². The molecule has 1 fully saturated rings. The highest BCUT2D eigenvalue weighted by Crippen LogP contribution is 2.21. The quantitative estimate of drug-likeness (QED) is 0.0235. The maximum absolute atomic E-state index is 14.0. The van der Waals surface area contributed by atoms with Crippen LogP contribution in [0.25, 0.3) is 0 Å². The number of carboxylic acid groups (broad SMARTS) is 3. The van der Waals surface area contributed by atoms with Crippen LogP contribution in [0.15, 0.2) is 0 Å². The number of carbonyl (C=O) groups excluding carboxylic acids is 10. The van der Waals surface area contributed by atoms with Crippen LogP contribution in [0, 0.1) is 11.8 Å². The SMILES string of the molecule is CCCN(NC(=O)[C@@H]1CCCN1C(=O)[C@@H](NC(=O)[C@@H](NC(=O)[C@H](CC(=O)O)NC(=O)[C@H](CCC(=O)O)NC(=O)[C@@H](NC(=O)[C@H](CC(=O)O)NC(C)=O)[C@@H](C)O)C(C)C)C(C)C)C(=O)C(=O)OC. The van der Waals surface area contributed by atoms with E-state index in [1.807, 2.05) is 0 Å². The first-order valence-electron chi connectivity index (χ1n) is 21.3. The first-order chi connectivity index (χ1) is 31.2. The lowest BCUT2D eigenvalue weighted by Gasteiger charge is -2.33. The molecule has 376 valence electrons. The zero-order valence-corrected chi connectivity index (χ0v) is 38.5. The number of likely N-dealkylation sites (tertiary alicyclic amines) is 1. The standard InChI is InChI=1S/C40H63N9O18/c1-9-14-49(39(65)40(66)67-8)47-35(61)25-11-10-15-48(25)38(64)30(19(4)5)45-36(62)29(18(2)3)44-34(60)24(17-28(56)57)43-32(58)22(12-13-26(52)53)42-37(63)31(20(6)50)46-33(59)23(16-27(54)55)41-21(7)51/h18-20,22-25,29-31,50H,9-17H2,1-8H3,(H,41,51)(H,42,63)(H,43,58)(H,44,60)(H,45,62)(H,46,59)(H,47,61)(H,52,53)(H,54,55)(H,56,57)/t20-,22+,23+,24+,25+,29+,30+,31+/m1/s1. The van der Waals surface area contributed by atoms with Gasteiger partial charge in [0.05, 0.1) is 26.1 Å². The number of carboxylic acids is 3. The number of nitrogens with zero attached hydrogens (tertiary/aromatic N) is 2. The summed E-state index contributed by atoms with van der Waals surface area (Å²) in [5, 5.41) is 52.6. The van der Waals surface area contributed by atoms with Crippen LogP contribution in [0.1, 0.15) is 93.4 Å². The molecule has 27 heteroatoms. The van der Waals surface area contributed by atoms with Gasteiger partial charge in [-0.2, -0.15) is 0 Å². The largest absolute Gasteiger partial charge is 0.481 e. The van der Waals surface area contributed by atoms with Crippen molar-refractivity contribution in [2.75, 3.05) is 20.2 Å². The zero-order chi connectivity index (χ0) is 51.5. The number of aliphatic hydroxyl groups is 1. The van der Waals surface area contributed by atoms with Crippen LogP contribution in [0.5, 0.6) is 0 Å². The van der Waals surface area contributed by atoms with Crippen molar-refractivity contribution < 1.29 is 87.5 Å². The van der Waals surface area contributed by atoms with Gasteiger partial charge in [0.2, 0.25) is 41.4 Å². The van der Waals surface area contributed by atoms with Gasteiger partial charge in [-0.05, 0) is 44.4 Å². The second kappa shape index (κ2) is 27.5. The lowest BCUT2D eigenvalue weighted by atomic mass is 9.98. The Kier molecular flexibility index (Phi) is 23.9. The molecule has 0 aromatic carbocycles. The number of carbonyl (C=O) groups is 13. The summed E-state index contributed by atoms with van der Waals surface area (Å²) in [6.07, 6.45) is -4.40. The van der Waals surface area contributed by atoms with Crippen molar-refractivity contribution in [2.45, 2.75) is 142 Å². The van der Waals surface area contributed by atoms with Gasteiger partial charge in [0.1, 0.15) is 42.3 Å². The summed E-state index contributed by atoms with van der Waals surface area (Å²) in [7, 11) is 0.991. The fraction of sp³-hybridized carbons (Fsp3) is 0.675. The minimum atomic E-state index is -1.99. The average Bonchev–Trinajstić information content (AvgIpc) is 3.73. The van der Waals surface area contributed by atoms with E-state index in [4.69, 9.17) is 5.11 Å². The molecule has 8 atom stereocenters. The van der Waals surface area contributed by atoms with Gasteiger partial charge in [0.25, 0.3) is 5.91 Å². The molecule has 1 aliphatic rings. The number of hydrazine groups is 1. The number of hydrogen-bond donors (Lipinski definition) is 11. The Bertz CT molecular complexity index is 1860. The first-order valence-corrected chi connectivity index (χ1v) is 21.3. The molecule has 67 heavy (non-hydrogen) atoms. The number of amides is 9. The van der Waals surface area contributed by atoms with Crippen molar-refractivity contribution >= 4 is 77.0 Å². The van der Waals surface area contributed by atoms with Gasteiger partial charge in [-0.1, -0.05) is 34.6 Å². The number of aliphatic carboxylic acids is 3. The van der Waals surface area contributed by atoms with Crippen LogP contribution in [-0.2, 0) is 67.1 Å². The van der Waals surface area contributed by atoms with Crippen LogP contribution < -0.4 is 37.3 Å². The Morgan fingerprint density at radius 1 is 0.657 bits per heavy atom. The lowest BCUT2D eigenvalue weighted by Crippen LogP contribution is -2.62. The van der Waals surface area contributed by atoms with Crippen molar-refractivity contribution in [3.63, 3.8) is 0 Å². The molecule has 0 aromatic rings. The van der Waals surface area contributed by atoms with E-state index in [-0.39, 0.29) is 19.5 Å². The maximum atomic E-state index is 14.0. The zero-order valence-electron chi connectivity index (χ0n) is 38.5. The molecule has 0 saturated carbocycles. The van der Waals surface area contributed by atoms with Crippen LogP contribution in [0.3, 0.4) is 0 Å². The van der Waals surface area contributed by atoms with Crippen molar-refractivity contribution in [3.05, 3.63) is 0 Å². The van der Waals surface area contributed by atoms with Gasteiger partial charge in [-0.3, -0.25) is 63.0 Å². The summed E-state index contributed by atoms with van der Waals surface area (Å²) in [4.78, 5) is 167. The van der Waals surface area contributed by atoms with Gasteiger partial charge in [0, 0.05) is 26.4 Å². The van der Waals surface area contributed by atoms with E-state index >= 15 is 0 Å². The number of ether oxygens (including phenoxy) is 1. The Morgan fingerprint density at radius 2 is 1.13 bits per heavy atom. The highest BCUT2D eigenvalue weighted by molar-refractivity contribution is 6.32. The molecule has 9 amide bonds. The topological polar surface area (TPSA) is 403 Å². The van der Waals surface area contributed by atoms with E-state index in [2.05, 4.69) is 42.1 Å². The van der Waals surface area contributed by atoms with E-state index in [9.17, 15) is 77.6 Å². The molecule has 11 N–H and O–H groups in total. The van der Waals surface area contributed by atoms with Crippen LogP contribution in [-0.4, -0.2) is 176 Å². The van der Waals surface area contributed by atoms with Gasteiger partial charge in [0.15, 0.2) is 0 Å². The molecular formula is C40H63N9O18. The first kappa shape index (κ1) is 58.1. The third-order valence-corrected chi connectivity index (χ3v) is 10.0. The van der Waals surface area contributed by atoms with Gasteiger partial charge in [-0.15, -0.1) is 0 Å². The molecule has 1 heterocycles. The summed E-state index contributed by atoms with van der Waals surface area (Å²) in [6.45, 7) is 9.88. The second-order valence-corrected chi connectivity index (χ2v) is 16.3. The highest BCUT2D eigenvalue weighted by atomic mass is 16.5. The van der Waals surface area contributed by atoms with E-state index in [1.54, 1.807) is 20.8 Å². The van der Waals surface area contributed by atoms with Crippen LogP contribution in [0.2, 0.25) is 0 Å². The average molecular weight is 958 g/mol. The number of esters is 1. The van der Waals surface area contributed by atoms with Gasteiger partial charge >= 0.3 is 29.8 Å². The van der Waals surface area contributed by atoms with Crippen LogP contribution >= 0.6 is 0 Å². The fourth-order valence-corrected chi connectivity index (χ4v) is 6.61. The Labute approximate surface area is 385 Å². The number of hydrogen-bond acceptors (Lipinski definition) is 15. The fourth-order valence-electron chi connectivity index (χ4n) is 6.61. The van der Waals surface area contributed by atoms with E-state index in [0.717, 1.165) is 26.0 Å². The monoisotopic (exact) mass is 957 g/mol. The van der Waals surface area contributed by atoms with Crippen molar-refractivity contribution in [3.8, 4) is 0 Å². The summed E-state index contributed by atoms with van der Waals surface area (Å²) in [6, 6.07) is -11.4. The summed E-state index contributed by atoms with van der Waals surface area (Å²) in [5.41, 5.74) is 2.36. The number of rotatable bonds is 25. The predicted molar refractivity (Wildman–Crippen MR) is 227 cm³/mol. The molecule has 0 bridgehead atoms. The normalized spacial score (nSPS) is 16.3. The molecule has 0 unspecified atom stereocenters. The lowest BCUT2D eigenvalue weighted by molar-refractivity contribution is -0.161. The highest BCUT2D eigenvalue weighted by Gasteiger charge is 2.42. The summed E-state index contributed by atoms with van der Waals surface area (Å²) >= 11 is 0. The number of nitrogens with one attached hydrogen (secondary N) is 7. The summed E-state index contributed by atoms with van der Waals surface area (Å²) in [5.74, 6) is -16.7. The molecule has 0 aliphatic carbocycles. The molecule has 1 aliphatic heterocycles. The van der Waals surface area contributed by atoms with Crippen molar-refractivity contribution in [1.82, 2.24) is 47.2 Å². The minimum absolute atomic E-state index is 0.0559. The summed E-state index contributed by atoms with van der Waals surface area (Å²) < 4.78 is 4.46. The molecule has 1 rings (SSSR count). The van der Waals surface area contributed by atoms with Gasteiger partial charge < -0.3 is 62.0 Å². The van der Waals surface area contributed by atoms with Crippen molar-refractivity contribution in [2.24, 2.45) is 11.8 Å². The van der Waals surface area contributed by atoms with E-state index in [1.165, 1.54) is 18.7 Å². The van der Waals surface area contributed by atoms with E-state index in [0.29, 0.717) is 12.8 Å².